The van der Waals surface area contributed by atoms with E-state index in [0.29, 0.717) is 11.3 Å². The topological polar surface area (TPSA) is 55.1 Å². The highest BCUT2D eigenvalue weighted by Crippen LogP contribution is 2.13. The average Bonchev–Trinajstić information content (AvgIpc) is 2.58. The zero-order valence-electron chi connectivity index (χ0n) is 8.21. The molecule has 0 aliphatic rings. The molecule has 0 bridgehead atoms. The van der Waals surface area contributed by atoms with Crippen molar-refractivity contribution >= 4 is 5.91 Å². The van der Waals surface area contributed by atoms with Gasteiger partial charge in [0.2, 0.25) is 5.88 Å². The van der Waals surface area contributed by atoms with Crippen LogP contribution in [-0.4, -0.2) is 20.8 Å². The molecule has 0 amide bonds. The predicted molar refractivity (Wildman–Crippen MR) is 54.8 cm³/mol. The Morgan fingerprint density at radius 2 is 2.00 bits per heavy atom. The van der Waals surface area contributed by atoms with Crippen LogP contribution in [0.1, 0.15) is 16.1 Å². The van der Waals surface area contributed by atoms with E-state index in [9.17, 15) is 9.90 Å². The molecule has 4 nitrogen and oxygen atoms in total. The lowest BCUT2D eigenvalue weighted by molar-refractivity contribution is 0.0934. The first kappa shape index (κ1) is 9.45. The van der Waals surface area contributed by atoms with Crippen LogP contribution in [-0.2, 0) is 0 Å². The molecule has 0 fully saturated rings. The maximum atomic E-state index is 11.8. The van der Waals surface area contributed by atoms with Gasteiger partial charge in [-0.25, -0.2) is 0 Å². The van der Waals surface area contributed by atoms with Gasteiger partial charge in [0.05, 0.1) is 5.69 Å². The van der Waals surface area contributed by atoms with Crippen molar-refractivity contribution < 1.29 is 9.90 Å². The summed E-state index contributed by atoms with van der Waals surface area (Å²) in [7, 11) is 0. The van der Waals surface area contributed by atoms with E-state index < -0.39 is 0 Å². The highest BCUT2D eigenvalue weighted by molar-refractivity contribution is 5.96. The summed E-state index contributed by atoms with van der Waals surface area (Å²) in [6.45, 7) is 1.72. The first-order valence-electron chi connectivity index (χ1n) is 4.54. The first-order chi connectivity index (χ1) is 7.18. The minimum absolute atomic E-state index is 0.138. The van der Waals surface area contributed by atoms with E-state index >= 15 is 0 Å². The van der Waals surface area contributed by atoms with Crippen LogP contribution in [0.5, 0.6) is 5.88 Å². The van der Waals surface area contributed by atoms with E-state index in [1.807, 2.05) is 6.07 Å². The second-order valence-corrected chi connectivity index (χ2v) is 3.23. The summed E-state index contributed by atoms with van der Waals surface area (Å²) in [4.78, 5) is 11.8. The number of nitrogens with zero attached hydrogens (tertiary/aromatic N) is 2. The second-order valence-electron chi connectivity index (χ2n) is 3.23. The Balaban J connectivity index is 2.41. The monoisotopic (exact) mass is 202 g/mol. The van der Waals surface area contributed by atoms with Gasteiger partial charge in [0, 0.05) is 11.6 Å². The van der Waals surface area contributed by atoms with Gasteiger partial charge in [-0.1, -0.05) is 18.2 Å². The highest BCUT2D eigenvalue weighted by Gasteiger charge is 2.13. The molecular formula is C11H10N2O2. The molecule has 1 N–H and O–H groups in total. The lowest BCUT2D eigenvalue weighted by atomic mass is 10.2. The van der Waals surface area contributed by atoms with Gasteiger partial charge < -0.3 is 5.11 Å². The average molecular weight is 202 g/mol. The number of benzene rings is 1. The van der Waals surface area contributed by atoms with Crippen LogP contribution in [0.2, 0.25) is 0 Å². The van der Waals surface area contributed by atoms with Crippen molar-refractivity contribution in [1.29, 1.82) is 0 Å². The molecular weight excluding hydrogens is 192 g/mol. The summed E-state index contributed by atoms with van der Waals surface area (Å²) in [6, 6.07) is 10.2. The van der Waals surface area contributed by atoms with Crippen molar-refractivity contribution in [2.45, 2.75) is 6.92 Å². The Morgan fingerprint density at radius 3 is 2.53 bits per heavy atom. The Bertz CT molecular complexity index is 489. The largest absolute Gasteiger partial charge is 0.493 e. The molecule has 0 radical (unpaired) electrons. The quantitative estimate of drug-likeness (QED) is 0.763. The lowest BCUT2D eigenvalue weighted by Crippen LogP contribution is -2.13. The number of aryl methyl sites for hydroxylation is 1. The second kappa shape index (κ2) is 3.57. The van der Waals surface area contributed by atoms with Crippen LogP contribution in [0, 0.1) is 6.92 Å². The summed E-state index contributed by atoms with van der Waals surface area (Å²) in [5.74, 6) is -0.470. The van der Waals surface area contributed by atoms with E-state index in [1.165, 1.54) is 6.07 Å². The molecule has 2 aromatic rings. The Labute approximate surface area is 86.8 Å². The van der Waals surface area contributed by atoms with Gasteiger partial charge in [-0.05, 0) is 19.1 Å². The van der Waals surface area contributed by atoms with Crippen molar-refractivity contribution in [3.63, 3.8) is 0 Å². The Morgan fingerprint density at radius 1 is 1.33 bits per heavy atom. The zero-order chi connectivity index (χ0) is 10.8. The van der Waals surface area contributed by atoms with Gasteiger partial charge in [0.25, 0.3) is 5.91 Å². The Kier molecular flexibility index (Phi) is 2.25. The van der Waals surface area contributed by atoms with Crippen LogP contribution in [0.15, 0.2) is 36.4 Å². The minimum Gasteiger partial charge on any atom is -0.493 e. The molecule has 1 aromatic heterocycles. The van der Waals surface area contributed by atoms with Crippen molar-refractivity contribution in [3.8, 4) is 5.88 Å². The van der Waals surface area contributed by atoms with Crippen LogP contribution in [0.4, 0.5) is 0 Å². The third-order valence-electron chi connectivity index (χ3n) is 2.03. The van der Waals surface area contributed by atoms with Crippen molar-refractivity contribution in [2.75, 3.05) is 0 Å². The number of carbonyl (C=O) groups excluding carboxylic acids is 1. The number of carbonyl (C=O) groups is 1. The van der Waals surface area contributed by atoms with Crippen LogP contribution < -0.4 is 0 Å². The minimum atomic E-state index is -0.332. The van der Waals surface area contributed by atoms with Gasteiger partial charge in [0.15, 0.2) is 0 Å². The number of hydrogen-bond acceptors (Lipinski definition) is 3. The van der Waals surface area contributed by atoms with Crippen LogP contribution >= 0.6 is 0 Å². The Hall–Kier alpha value is -2.10. The van der Waals surface area contributed by atoms with E-state index in [2.05, 4.69) is 5.10 Å². The molecule has 1 aromatic carbocycles. The molecule has 76 valence electrons. The summed E-state index contributed by atoms with van der Waals surface area (Å²) in [5.41, 5.74) is 1.10. The maximum Gasteiger partial charge on any atom is 0.281 e. The molecule has 0 spiro atoms. The number of aromatic hydroxyl groups is 1. The normalized spacial score (nSPS) is 10.2. The van der Waals surface area contributed by atoms with Crippen molar-refractivity contribution in [3.05, 3.63) is 47.7 Å². The number of hydrogen-bond donors (Lipinski definition) is 1. The van der Waals surface area contributed by atoms with Crippen molar-refractivity contribution in [2.24, 2.45) is 0 Å². The predicted octanol–water partition coefficient (Wildman–Crippen LogP) is 1.59. The van der Waals surface area contributed by atoms with Crippen molar-refractivity contribution in [1.82, 2.24) is 9.78 Å². The molecule has 4 heteroatoms. The third kappa shape index (κ3) is 1.74. The molecule has 0 aliphatic heterocycles. The van der Waals surface area contributed by atoms with E-state index in [1.54, 1.807) is 31.2 Å². The summed E-state index contributed by atoms with van der Waals surface area (Å²) in [5, 5.41) is 13.3. The summed E-state index contributed by atoms with van der Waals surface area (Å²) >= 11 is 0. The lowest BCUT2D eigenvalue weighted by Gasteiger charge is -2.00. The molecule has 0 aliphatic carbocycles. The smallest absolute Gasteiger partial charge is 0.281 e. The fourth-order valence-electron chi connectivity index (χ4n) is 1.34. The molecule has 0 saturated carbocycles. The van der Waals surface area contributed by atoms with Gasteiger partial charge in [0.1, 0.15) is 0 Å². The summed E-state index contributed by atoms with van der Waals surface area (Å²) in [6.07, 6.45) is 0. The third-order valence-corrected chi connectivity index (χ3v) is 2.03. The zero-order valence-corrected chi connectivity index (χ0v) is 8.21. The standard InChI is InChI=1S/C11H10N2O2/c1-8-7-10(14)13(12-8)11(15)9-5-3-2-4-6-9/h2-7,14H,1H3. The molecule has 0 saturated heterocycles. The highest BCUT2D eigenvalue weighted by atomic mass is 16.3. The van der Waals surface area contributed by atoms with Crippen LogP contribution in [0.3, 0.4) is 0 Å². The molecule has 15 heavy (non-hydrogen) atoms. The SMILES string of the molecule is Cc1cc(O)n(C(=O)c2ccccc2)n1. The fraction of sp³-hybridized carbons (Fsp3) is 0.0909. The van der Waals surface area contributed by atoms with Crippen LogP contribution in [0.25, 0.3) is 0 Å². The van der Waals surface area contributed by atoms with E-state index in [4.69, 9.17) is 0 Å². The molecule has 2 rings (SSSR count). The number of rotatable bonds is 1. The maximum absolute atomic E-state index is 11.8. The van der Waals surface area contributed by atoms with E-state index in [-0.39, 0.29) is 11.8 Å². The summed E-state index contributed by atoms with van der Waals surface area (Å²) < 4.78 is 0.991. The van der Waals surface area contributed by atoms with Gasteiger partial charge >= 0.3 is 0 Å². The van der Waals surface area contributed by atoms with E-state index in [0.717, 1.165) is 4.68 Å². The molecule has 1 heterocycles. The van der Waals surface area contributed by atoms with Gasteiger partial charge in [-0.15, -0.1) is 0 Å². The molecule has 0 atom stereocenters. The molecule has 0 unspecified atom stereocenters. The van der Waals surface area contributed by atoms with Gasteiger partial charge in [-0.2, -0.15) is 9.78 Å². The first-order valence-corrected chi connectivity index (χ1v) is 4.54. The fourth-order valence-corrected chi connectivity index (χ4v) is 1.34. The van der Waals surface area contributed by atoms with Gasteiger partial charge in [-0.3, -0.25) is 4.79 Å². The number of aromatic nitrogens is 2.